The molecular formula is C11H24N2O2S. The predicted molar refractivity (Wildman–Crippen MR) is 67.0 cm³/mol. The van der Waals surface area contributed by atoms with Crippen molar-refractivity contribution in [1.82, 2.24) is 9.62 Å². The summed E-state index contributed by atoms with van der Waals surface area (Å²) in [5.74, 6) is 0. The van der Waals surface area contributed by atoms with Crippen molar-refractivity contribution in [3.8, 4) is 0 Å². The van der Waals surface area contributed by atoms with Gasteiger partial charge in [0.2, 0.25) is 10.0 Å². The highest BCUT2D eigenvalue weighted by atomic mass is 32.2. The molecule has 1 aliphatic heterocycles. The molecule has 1 N–H and O–H groups in total. The highest BCUT2D eigenvalue weighted by Gasteiger charge is 2.07. The largest absolute Gasteiger partial charge is 0.303 e. The SMILES string of the molecule is CS(=O)(=O)NCCCN1CCCCCCC1. The fourth-order valence-electron chi connectivity index (χ4n) is 2.10. The Bertz CT molecular complexity index is 270. The van der Waals surface area contributed by atoms with Gasteiger partial charge in [0.05, 0.1) is 6.26 Å². The Labute approximate surface area is 99.5 Å². The van der Waals surface area contributed by atoms with E-state index < -0.39 is 10.0 Å². The Morgan fingerprint density at radius 2 is 1.62 bits per heavy atom. The molecule has 1 rings (SSSR count). The standard InChI is InChI=1S/C11H24N2O2S/c1-16(14,15)12-8-7-11-13-9-5-3-2-4-6-10-13/h12H,2-11H2,1H3. The molecule has 0 bridgehead atoms. The van der Waals surface area contributed by atoms with Crippen molar-refractivity contribution < 1.29 is 8.42 Å². The van der Waals surface area contributed by atoms with Crippen LogP contribution >= 0.6 is 0 Å². The Morgan fingerprint density at radius 1 is 1.06 bits per heavy atom. The molecule has 1 fully saturated rings. The van der Waals surface area contributed by atoms with Crippen molar-refractivity contribution in [2.75, 3.05) is 32.4 Å². The molecular weight excluding hydrogens is 224 g/mol. The van der Waals surface area contributed by atoms with Crippen molar-refractivity contribution in [3.63, 3.8) is 0 Å². The summed E-state index contributed by atoms with van der Waals surface area (Å²) in [5.41, 5.74) is 0. The molecule has 0 amide bonds. The molecule has 0 aromatic heterocycles. The monoisotopic (exact) mass is 248 g/mol. The summed E-state index contributed by atoms with van der Waals surface area (Å²) in [7, 11) is -3.01. The van der Waals surface area contributed by atoms with E-state index in [4.69, 9.17) is 0 Å². The molecule has 0 spiro atoms. The van der Waals surface area contributed by atoms with Gasteiger partial charge in [-0.15, -0.1) is 0 Å². The van der Waals surface area contributed by atoms with Crippen LogP contribution in [0.5, 0.6) is 0 Å². The van der Waals surface area contributed by atoms with Crippen LogP contribution in [-0.2, 0) is 10.0 Å². The summed E-state index contributed by atoms with van der Waals surface area (Å²) >= 11 is 0. The van der Waals surface area contributed by atoms with Crippen LogP contribution in [0.2, 0.25) is 0 Å². The van der Waals surface area contributed by atoms with Gasteiger partial charge in [0, 0.05) is 6.54 Å². The van der Waals surface area contributed by atoms with Crippen molar-refractivity contribution in [3.05, 3.63) is 0 Å². The molecule has 0 unspecified atom stereocenters. The predicted octanol–water partition coefficient (Wildman–Crippen LogP) is 1.19. The molecule has 0 radical (unpaired) electrons. The van der Waals surface area contributed by atoms with E-state index in [9.17, 15) is 8.42 Å². The summed E-state index contributed by atoms with van der Waals surface area (Å²) in [6, 6.07) is 0. The Morgan fingerprint density at radius 3 is 2.19 bits per heavy atom. The molecule has 1 saturated heterocycles. The summed E-state index contributed by atoms with van der Waals surface area (Å²) in [4.78, 5) is 2.46. The highest BCUT2D eigenvalue weighted by molar-refractivity contribution is 7.88. The first-order valence-electron chi connectivity index (χ1n) is 6.25. The third-order valence-electron chi connectivity index (χ3n) is 2.96. The van der Waals surface area contributed by atoms with Gasteiger partial charge >= 0.3 is 0 Å². The lowest BCUT2D eigenvalue weighted by atomic mass is 10.1. The van der Waals surface area contributed by atoms with Crippen molar-refractivity contribution in [1.29, 1.82) is 0 Å². The zero-order valence-electron chi connectivity index (χ0n) is 10.2. The average molecular weight is 248 g/mol. The zero-order chi connectivity index (χ0) is 11.9. The topological polar surface area (TPSA) is 49.4 Å². The molecule has 0 aliphatic carbocycles. The molecule has 1 aliphatic rings. The second-order valence-corrected chi connectivity index (χ2v) is 6.46. The summed E-state index contributed by atoms with van der Waals surface area (Å²) < 4.78 is 24.3. The Hall–Kier alpha value is -0.130. The summed E-state index contributed by atoms with van der Waals surface area (Å²) in [6.07, 6.45) is 8.77. The first-order valence-corrected chi connectivity index (χ1v) is 8.14. The van der Waals surface area contributed by atoms with Gasteiger partial charge in [-0.2, -0.15) is 0 Å². The van der Waals surface area contributed by atoms with Crippen LogP contribution in [0.25, 0.3) is 0 Å². The Kier molecular flexibility index (Phi) is 6.31. The van der Waals surface area contributed by atoms with E-state index in [0.29, 0.717) is 6.54 Å². The molecule has 96 valence electrons. The number of sulfonamides is 1. The first-order chi connectivity index (χ1) is 7.58. The number of nitrogens with zero attached hydrogens (tertiary/aromatic N) is 1. The minimum Gasteiger partial charge on any atom is -0.303 e. The lowest BCUT2D eigenvalue weighted by Crippen LogP contribution is -2.31. The second-order valence-electron chi connectivity index (χ2n) is 4.63. The third kappa shape index (κ3) is 7.19. The van der Waals surface area contributed by atoms with Gasteiger partial charge in [-0.05, 0) is 38.9 Å². The van der Waals surface area contributed by atoms with Gasteiger partial charge in [0.1, 0.15) is 0 Å². The smallest absolute Gasteiger partial charge is 0.208 e. The van der Waals surface area contributed by atoms with Gasteiger partial charge in [-0.1, -0.05) is 19.3 Å². The van der Waals surface area contributed by atoms with Crippen LogP contribution in [0, 0.1) is 0 Å². The van der Waals surface area contributed by atoms with E-state index in [1.807, 2.05) is 0 Å². The molecule has 0 aromatic rings. The fraction of sp³-hybridized carbons (Fsp3) is 1.00. The molecule has 1 heterocycles. The van der Waals surface area contributed by atoms with Crippen molar-refractivity contribution >= 4 is 10.0 Å². The van der Waals surface area contributed by atoms with Gasteiger partial charge in [0.25, 0.3) is 0 Å². The summed E-state index contributed by atoms with van der Waals surface area (Å²) in [5, 5.41) is 0. The van der Waals surface area contributed by atoms with E-state index in [1.54, 1.807) is 0 Å². The van der Waals surface area contributed by atoms with Gasteiger partial charge in [-0.3, -0.25) is 0 Å². The molecule has 4 nitrogen and oxygen atoms in total. The number of hydrogen-bond donors (Lipinski definition) is 1. The van der Waals surface area contributed by atoms with Crippen LogP contribution in [0.1, 0.15) is 38.5 Å². The minimum absolute atomic E-state index is 0.565. The van der Waals surface area contributed by atoms with Crippen LogP contribution < -0.4 is 4.72 Å². The average Bonchev–Trinajstić information content (AvgIpc) is 2.13. The highest BCUT2D eigenvalue weighted by Crippen LogP contribution is 2.10. The second kappa shape index (κ2) is 7.25. The molecule has 5 heteroatoms. The van der Waals surface area contributed by atoms with Gasteiger partial charge in [0.15, 0.2) is 0 Å². The van der Waals surface area contributed by atoms with E-state index in [-0.39, 0.29) is 0 Å². The summed E-state index contributed by atoms with van der Waals surface area (Å²) in [6.45, 7) is 3.94. The lowest BCUT2D eigenvalue weighted by molar-refractivity contribution is 0.245. The van der Waals surface area contributed by atoms with Crippen LogP contribution in [0.3, 0.4) is 0 Å². The van der Waals surface area contributed by atoms with Crippen LogP contribution in [-0.4, -0.2) is 45.8 Å². The quantitative estimate of drug-likeness (QED) is 0.744. The molecule has 0 saturated carbocycles. The normalized spacial score (nSPS) is 20.3. The molecule has 0 atom stereocenters. The number of hydrogen-bond acceptors (Lipinski definition) is 3. The molecule has 16 heavy (non-hydrogen) atoms. The van der Waals surface area contributed by atoms with E-state index in [0.717, 1.165) is 13.0 Å². The van der Waals surface area contributed by atoms with Crippen LogP contribution in [0.4, 0.5) is 0 Å². The molecule has 0 aromatic carbocycles. The number of nitrogens with one attached hydrogen (secondary N) is 1. The maximum Gasteiger partial charge on any atom is 0.208 e. The van der Waals surface area contributed by atoms with E-state index >= 15 is 0 Å². The fourth-order valence-corrected chi connectivity index (χ4v) is 2.61. The van der Waals surface area contributed by atoms with Crippen LogP contribution in [0.15, 0.2) is 0 Å². The maximum absolute atomic E-state index is 10.9. The lowest BCUT2D eigenvalue weighted by Gasteiger charge is -2.24. The van der Waals surface area contributed by atoms with Crippen molar-refractivity contribution in [2.45, 2.75) is 38.5 Å². The number of likely N-dealkylation sites (tertiary alicyclic amines) is 1. The van der Waals surface area contributed by atoms with E-state index in [1.165, 1.54) is 51.4 Å². The Balaban J connectivity index is 2.10. The van der Waals surface area contributed by atoms with Gasteiger partial charge in [-0.25, -0.2) is 13.1 Å². The van der Waals surface area contributed by atoms with Crippen molar-refractivity contribution in [2.24, 2.45) is 0 Å². The zero-order valence-corrected chi connectivity index (χ0v) is 11.1. The van der Waals surface area contributed by atoms with E-state index in [2.05, 4.69) is 9.62 Å². The van der Waals surface area contributed by atoms with Gasteiger partial charge < -0.3 is 4.90 Å². The third-order valence-corrected chi connectivity index (χ3v) is 3.69. The number of rotatable bonds is 5. The maximum atomic E-state index is 10.9. The first kappa shape index (κ1) is 13.9. The minimum atomic E-state index is -3.01.